The molecule has 2 aliphatic heterocycles. The summed E-state index contributed by atoms with van der Waals surface area (Å²) in [5.74, 6) is 1.15. The Balaban J connectivity index is 1.64. The number of imidazole rings is 1. The van der Waals surface area contributed by atoms with E-state index in [4.69, 9.17) is 15.2 Å². The Morgan fingerprint density at radius 3 is 3.20 bits per heavy atom. The second-order valence-corrected chi connectivity index (χ2v) is 4.27. The van der Waals surface area contributed by atoms with Gasteiger partial charge >= 0.3 is 0 Å². The average Bonchev–Trinajstić information content (AvgIpc) is 2.83. The van der Waals surface area contributed by atoms with Gasteiger partial charge in [-0.15, -0.1) is 0 Å². The number of fused-ring (bicyclic) bond motifs is 1. The summed E-state index contributed by atoms with van der Waals surface area (Å²) in [6.07, 6.45) is 5.25. The van der Waals surface area contributed by atoms with Crippen molar-refractivity contribution in [3.63, 3.8) is 0 Å². The van der Waals surface area contributed by atoms with E-state index in [0.717, 1.165) is 26.2 Å². The topological polar surface area (TPSA) is 62.3 Å². The van der Waals surface area contributed by atoms with Crippen LogP contribution in [0.5, 0.6) is 0 Å². The van der Waals surface area contributed by atoms with Crippen molar-refractivity contribution in [2.75, 3.05) is 18.9 Å². The molecule has 1 unspecified atom stereocenters. The Hall–Kier alpha value is -1.07. The summed E-state index contributed by atoms with van der Waals surface area (Å²) in [7, 11) is 0. The number of anilines is 1. The summed E-state index contributed by atoms with van der Waals surface area (Å²) in [6.45, 7) is 2.40. The molecule has 3 atom stereocenters. The van der Waals surface area contributed by atoms with Gasteiger partial charge in [-0.1, -0.05) is 0 Å². The molecular weight excluding hydrogens is 194 g/mol. The van der Waals surface area contributed by atoms with Crippen LogP contribution in [0.25, 0.3) is 0 Å². The van der Waals surface area contributed by atoms with Crippen molar-refractivity contribution in [1.82, 2.24) is 9.55 Å². The molecule has 3 rings (SSSR count). The van der Waals surface area contributed by atoms with E-state index < -0.39 is 0 Å². The molecule has 0 radical (unpaired) electrons. The highest BCUT2D eigenvalue weighted by Gasteiger charge is 2.39. The van der Waals surface area contributed by atoms with Gasteiger partial charge in [0.15, 0.2) is 5.95 Å². The van der Waals surface area contributed by atoms with Gasteiger partial charge in [-0.3, -0.25) is 0 Å². The first-order valence-electron chi connectivity index (χ1n) is 5.33. The molecule has 5 nitrogen and oxygen atoms in total. The van der Waals surface area contributed by atoms with Crippen molar-refractivity contribution >= 4 is 5.95 Å². The zero-order valence-corrected chi connectivity index (χ0v) is 8.50. The molecule has 2 saturated heterocycles. The zero-order chi connectivity index (χ0) is 10.3. The van der Waals surface area contributed by atoms with E-state index in [1.54, 1.807) is 6.20 Å². The number of ether oxygens (including phenoxy) is 2. The highest BCUT2D eigenvalue weighted by atomic mass is 16.6. The molecule has 82 valence electrons. The van der Waals surface area contributed by atoms with E-state index in [-0.39, 0.29) is 6.10 Å². The molecule has 1 aromatic heterocycles. The number of nitrogens with two attached hydrogens (primary N) is 1. The molecule has 2 N–H and O–H groups in total. The first-order valence-corrected chi connectivity index (χ1v) is 5.33. The van der Waals surface area contributed by atoms with Crippen molar-refractivity contribution in [3.05, 3.63) is 12.4 Å². The molecule has 0 aliphatic carbocycles. The minimum Gasteiger partial charge on any atom is -0.378 e. The van der Waals surface area contributed by atoms with Crippen LogP contribution in [0.1, 0.15) is 6.42 Å². The first-order chi connectivity index (χ1) is 7.33. The van der Waals surface area contributed by atoms with Crippen LogP contribution >= 0.6 is 0 Å². The molecule has 0 saturated carbocycles. The second kappa shape index (κ2) is 3.50. The summed E-state index contributed by atoms with van der Waals surface area (Å²) < 4.78 is 13.2. The molecule has 0 aromatic carbocycles. The molecule has 3 heterocycles. The standard InChI is InChI=1S/C10H15N3O2/c11-10-12-1-2-13(10)4-8-3-7-5-14-6-9(7)15-8/h1-2,7-9H,3-6H2,(H2,11,12)/t7-,8?,9+/m1/s1. The lowest BCUT2D eigenvalue weighted by Gasteiger charge is -2.13. The lowest BCUT2D eigenvalue weighted by molar-refractivity contribution is 0.0127. The van der Waals surface area contributed by atoms with Gasteiger partial charge in [-0.05, 0) is 6.42 Å². The van der Waals surface area contributed by atoms with Crippen molar-refractivity contribution in [2.45, 2.75) is 25.2 Å². The van der Waals surface area contributed by atoms with E-state index in [0.29, 0.717) is 18.0 Å². The maximum Gasteiger partial charge on any atom is 0.200 e. The Morgan fingerprint density at radius 1 is 1.53 bits per heavy atom. The number of rotatable bonds is 2. The summed E-state index contributed by atoms with van der Waals surface area (Å²) in [5.41, 5.74) is 5.71. The quantitative estimate of drug-likeness (QED) is 0.759. The number of hydrogen-bond donors (Lipinski definition) is 1. The number of nitrogens with zero attached hydrogens (tertiary/aromatic N) is 2. The maximum atomic E-state index is 5.88. The van der Waals surface area contributed by atoms with Gasteiger partial charge in [0, 0.05) is 18.3 Å². The average molecular weight is 209 g/mol. The summed E-state index contributed by atoms with van der Waals surface area (Å²) in [4.78, 5) is 3.99. The lowest BCUT2D eigenvalue weighted by atomic mass is 10.0. The zero-order valence-electron chi connectivity index (χ0n) is 8.50. The molecule has 1 aromatic rings. The molecule has 15 heavy (non-hydrogen) atoms. The maximum absolute atomic E-state index is 5.88. The Labute approximate surface area is 88.2 Å². The van der Waals surface area contributed by atoms with Gasteiger partial charge in [0.25, 0.3) is 0 Å². The van der Waals surface area contributed by atoms with E-state index in [1.165, 1.54) is 0 Å². The van der Waals surface area contributed by atoms with Crippen LogP contribution in [0, 0.1) is 5.92 Å². The summed E-state index contributed by atoms with van der Waals surface area (Å²) in [6, 6.07) is 0. The van der Waals surface area contributed by atoms with E-state index in [2.05, 4.69) is 4.98 Å². The largest absolute Gasteiger partial charge is 0.378 e. The normalized spacial score (nSPS) is 34.5. The van der Waals surface area contributed by atoms with E-state index >= 15 is 0 Å². The van der Waals surface area contributed by atoms with Crippen molar-refractivity contribution < 1.29 is 9.47 Å². The number of hydrogen-bond acceptors (Lipinski definition) is 4. The van der Waals surface area contributed by atoms with Crippen LogP contribution < -0.4 is 5.73 Å². The summed E-state index contributed by atoms with van der Waals surface area (Å²) >= 11 is 0. The van der Waals surface area contributed by atoms with Gasteiger partial charge in [0.1, 0.15) is 0 Å². The Kier molecular flexibility index (Phi) is 2.14. The minimum atomic E-state index is 0.264. The van der Waals surface area contributed by atoms with Gasteiger partial charge in [0.05, 0.1) is 32.0 Å². The molecule has 0 bridgehead atoms. The van der Waals surface area contributed by atoms with Gasteiger partial charge in [-0.25, -0.2) is 4.98 Å². The molecule has 2 fully saturated rings. The van der Waals surface area contributed by atoms with Crippen molar-refractivity contribution in [3.8, 4) is 0 Å². The van der Waals surface area contributed by atoms with Crippen LogP contribution in [0.15, 0.2) is 12.4 Å². The molecule has 0 spiro atoms. The van der Waals surface area contributed by atoms with Crippen LogP contribution in [-0.2, 0) is 16.0 Å². The summed E-state index contributed by atoms with van der Waals surface area (Å²) in [5, 5.41) is 0. The van der Waals surface area contributed by atoms with Crippen molar-refractivity contribution in [1.29, 1.82) is 0 Å². The van der Waals surface area contributed by atoms with Crippen LogP contribution in [-0.4, -0.2) is 35.0 Å². The first kappa shape index (κ1) is 9.18. The fourth-order valence-electron chi connectivity index (χ4n) is 2.42. The number of nitrogen functional groups attached to an aromatic ring is 1. The smallest absolute Gasteiger partial charge is 0.200 e. The predicted molar refractivity (Wildman–Crippen MR) is 54.2 cm³/mol. The van der Waals surface area contributed by atoms with E-state index in [1.807, 2.05) is 10.8 Å². The SMILES string of the molecule is Nc1nccn1CC1C[C@@H]2COC[C@@H]2O1. The predicted octanol–water partition coefficient (Wildman–Crippen LogP) is 0.269. The highest BCUT2D eigenvalue weighted by Crippen LogP contribution is 2.32. The Bertz CT molecular complexity index is 340. The highest BCUT2D eigenvalue weighted by molar-refractivity contribution is 5.16. The minimum absolute atomic E-state index is 0.264. The van der Waals surface area contributed by atoms with Gasteiger partial charge in [0.2, 0.25) is 0 Å². The molecular formula is C10H15N3O2. The van der Waals surface area contributed by atoms with Crippen LogP contribution in [0.2, 0.25) is 0 Å². The van der Waals surface area contributed by atoms with E-state index in [9.17, 15) is 0 Å². The monoisotopic (exact) mass is 209 g/mol. The lowest BCUT2D eigenvalue weighted by Crippen LogP contribution is -2.19. The third kappa shape index (κ3) is 1.61. The van der Waals surface area contributed by atoms with Crippen molar-refractivity contribution in [2.24, 2.45) is 5.92 Å². The molecule has 5 heteroatoms. The van der Waals surface area contributed by atoms with Crippen LogP contribution in [0.3, 0.4) is 0 Å². The second-order valence-electron chi connectivity index (χ2n) is 4.27. The van der Waals surface area contributed by atoms with Gasteiger partial charge < -0.3 is 19.8 Å². The fraction of sp³-hybridized carbons (Fsp3) is 0.700. The third-order valence-corrected chi connectivity index (χ3v) is 3.22. The van der Waals surface area contributed by atoms with Crippen LogP contribution in [0.4, 0.5) is 5.95 Å². The Morgan fingerprint density at radius 2 is 2.47 bits per heavy atom. The molecule has 2 aliphatic rings. The third-order valence-electron chi connectivity index (χ3n) is 3.22. The number of aromatic nitrogens is 2. The van der Waals surface area contributed by atoms with Gasteiger partial charge in [-0.2, -0.15) is 0 Å². The fourth-order valence-corrected chi connectivity index (χ4v) is 2.42. The molecule has 0 amide bonds.